The van der Waals surface area contributed by atoms with Gasteiger partial charge >= 0.3 is 6.09 Å². The molecule has 9 heteroatoms. The highest BCUT2D eigenvalue weighted by atomic mass is 16.6. The molecule has 0 saturated carbocycles. The molecule has 2 rings (SSSR count). The van der Waals surface area contributed by atoms with E-state index in [9.17, 15) is 19.2 Å². The van der Waals surface area contributed by atoms with Gasteiger partial charge in [0, 0.05) is 19.3 Å². The van der Waals surface area contributed by atoms with Gasteiger partial charge in [-0.05, 0) is 65.3 Å². The summed E-state index contributed by atoms with van der Waals surface area (Å²) in [7, 11) is 1.94. The van der Waals surface area contributed by atoms with Crippen molar-refractivity contribution < 1.29 is 23.9 Å². The second-order valence-electron chi connectivity index (χ2n) is 12.2. The molecule has 0 fully saturated rings. The van der Waals surface area contributed by atoms with Crippen molar-refractivity contribution in [2.45, 2.75) is 96.2 Å². The van der Waals surface area contributed by atoms with Gasteiger partial charge in [-0.25, -0.2) is 4.79 Å². The molecule has 0 radical (unpaired) electrons. The molecule has 0 aliphatic carbocycles. The molecule has 0 unspecified atom stereocenters. The molecule has 2 aromatic carbocycles. The Morgan fingerprint density at radius 2 is 1.37 bits per heavy atom. The highest BCUT2D eigenvalue weighted by Crippen LogP contribution is 2.16. The van der Waals surface area contributed by atoms with Gasteiger partial charge in [-0.15, -0.1) is 0 Å². The topological polar surface area (TPSA) is 126 Å². The van der Waals surface area contributed by atoms with E-state index in [4.69, 9.17) is 4.74 Å². The highest BCUT2D eigenvalue weighted by Gasteiger charge is 2.38. The van der Waals surface area contributed by atoms with Crippen molar-refractivity contribution in [3.05, 3.63) is 71.8 Å². The number of hydrogen-bond acceptors (Lipinski definition) is 6. The molecule has 0 bridgehead atoms. The Hall–Kier alpha value is -3.72. The molecular weight excluding hydrogens is 544 g/mol. The van der Waals surface area contributed by atoms with Gasteiger partial charge in [-0.3, -0.25) is 14.4 Å². The van der Waals surface area contributed by atoms with E-state index in [1.807, 2.05) is 67.7 Å². The number of nitrogens with one attached hydrogen (secondary N) is 4. The van der Waals surface area contributed by atoms with Crippen LogP contribution in [-0.2, 0) is 32.0 Å². The molecular formula is C34H50N4O5. The largest absolute Gasteiger partial charge is 0.444 e. The van der Waals surface area contributed by atoms with Crippen molar-refractivity contribution >= 4 is 23.7 Å². The molecule has 4 N–H and O–H groups in total. The van der Waals surface area contributed by atoms with Gasteiger partial charge in [0.05, 0.1) is 6.54 Å². The summed E-state index contributed by atoms with van der Waals surface area (Å²) < 4.78 is 5.41. The molecule has 236 valence electrons. The average molecular weight is 595 g/mol. The normalized spacial score (nSPS) is 13.3. The number of ketones is 1. The first-order valence-electron chi connectivity index (χ1n) is 15.3. The Balaban J connectivity index is 2.13. The summed E-state index contributed by atoms with van der Waals surface area (Å²) in [5.74, 6) is -1.06. The molecule has 3 amide bonds. The fourth-order valence-electron chi connectivity index (χ4n) is 4.67. The number of carbonyl (C=O) groups excluding carboxylic acids is 4. The van der Waals surface area contributed by atoms with Crippen LogP contribution in [0.25, 0.3) is 0 Å². The lowest BCUT2D eigenvalue weighted by Gasteiger charge is -2.32. The minimum absolute atomic E-state index is 0.0505. The van der Waals surface area contributed by atoms with Gasteiger partial charge in [0.25, 0.3) is 0 Å². The van der Waals surface area contributed by atoms with Gasteiger partial charge in [0.15, 0.2) is 5.78 Å². The number of hydrogen-bond donors (Lipinski definition) is 4. The third-order valence-electron chi connectivity index (χ3n) is 6.92. The Bertz CT molecular complexity index is 1150. The minimum Gasteiger partial charge on any atom is -0.444 e. The number of Topliss-reactive ketones (excluding diaryl/α,β-unsaturated/α-hetero) is 1. The highest BCUT2D eigenvalue weighted by molar-refractivity contribution is 5.96. The minimum atomic E-state index is -1.39. The third-order valence-corrected chi connectivity index (χ3v) is 6.92. The molecule has 0 saturated heterocycles. The first-order valence-corrected chi connectivity index (χ1v) is 15.3. The smallest absolute Gasteiger partial charge is 0.408 e. The zero-order valence-corrected chi connectivity index (χ0v) is 26.5. The zero-order chi connectivity index (χ0) is 31.7. The summed E-state index contributed by atoms with van der Waals surface area (Å²) in [6, 6.07) is 17.6. The van der Waals surface area contributed by atoms with Gasteiger partial charge in [0.2, 0.25) is 11.8 Å². The van der Waals surface area contributed by atoms with Crippen molar-refractivity contribution in [1.29, 1.82) is 0 Å². The predicted molar refractivity (Wildman–Crippen MR) is 170 cm³/mol. The summed E-state index contributed by atoms with van der Waals surface area (Å²) in [6.07, 6.45) is 5.12. The van der Waals surface area contributed by atoms with E-state index < -0.39 is 35.1 Å². The van der Waals surface area contributed by atoms with Crippen LogP contribution in [0, 0.1) is 0 Å². The van der Waals surface area contributed by atoms with E-state index in [2.05, 4.69) is 21.3 Å². The summed E-state index contributed by atoms with van der Waals surface area (Å²) in [4.78, 5) is 52.6. The summed E-state index contributed by atoms with van der Waals surface area (Å²) in [6.45, 7) is 7.75. The second kappa shape index (κ2) is 18.1. The van der Waals surface area contributed by atoms with E-state index in [1.165, 1.54) is 0 Å². The Morgan fingerprint density at radius 1 is 0.791 bits per heavy atom. The van der Waals surface area contributed by atoms with Crippen LogP contribution in [0.1, 0.15) is 77.3 Å². The molecule has 2 atom stereocenters. The monoisotopic (exact) mass is 594 g/mol. The van der Waals surface area contributed by atoms with E-state index in [1.54, 1.807) is 27.7 Å². The van der Waals surface area contributed by atoms with E-state index in [-0.39, 0.29) is 25.2 Å². The fourth-order valence-corrected chi connectivity index (χ4v) is 4.67. The maximum absolute atomic E-state index is 13.7. The SMILES string of the molecule is CNCCCCCCCC(=O)CNC(=O)[C@@](C)(Cc1ccccc1)NC(=O)[C@H](Cc1ccccc1)NC(=O)OC(C)(C)C. The summed E-state index contributed by atoms with van der Waals surface area (Å²) >= 11 is 0. The lowest BCUT2D eigenvalue weighted by Crippen LogP contribution is -2.62. The second-order valence-corrected chi connectivity index (χ2v) is 12.2. The number of carbonyl (C=O) groups is 4. The maximum Gasteiger partial charge on any atom is 0.408 e. The molecule has 0 aliphatic rings. The Morgan fingerprint density at radius 3 is 1.98 bits per heavy atom. The first kappa shape index (κ1) is 35.5. The molecule has 0 spiro atoms. The van der Waals surface area contributed by atoms with Crippen molar-refractivity contribution in [2.24, 2.45) is 0 Å². The lowest BCUT2D eigenvalue weighted by atomic mass is 9.90. The van der Waals surface area contributed by atoms with E-state index in [0.717, 1.165) is 49.8 Å². The fraction of sp³-hybridized carbons (Fsp3) is 0.529. The molecule has 0 aliphatic heterocycles. The summed E-state index contributed by atoms with van der Waals surface area (Å²) in [5.41, 5.74) is -0.472. The van der Waals surface area contributed by atoms with Crippen LogP contribution in [0.3, 0.4) is 0 Å². The van der Waals surface area contributed by atoms with Gasteiger partial charge in [-0.2, -0.15) is 0 Å². The number of ether oxygens (including phenoxy) is 1. The Labute approximate surface area is 256 Å². The van der Waals surface area contributed by atoms with Crippen molar-refractivity contribution in [1.82, 2.24) is 21.3 Å². The third kappa shape index (κ3) is 14.3. The van der Waals surface area contributed by atoms with Crippen LogP contribution in [0.4, 0.5) is 4.79 Å². The number of unbranched alkanes of at least 4 members (excludes halogenated alkanes) is 4. The van der Waals surface area contributed by atoms with Gasteiger partial charge in [-0.1, -0.05) is 79.9 Å². The average Bonchev–Trinajstić information content (AvgIpc) is 2.95. The number of rotatable bonds is 18. The van der Waals surface area contributed by atoms with Crippen molar-refractivity contribution in [3.8, 4) is 0 Å². The molecule has 43 heavy (non-hydrogen) atoms. The van der Waals surface area contributed by atoms with Gasteiger partial charge in [0.1, 0.15) is 17.2 Å². The lowest BCUT2D eigenvalue weighted by molar-refractivity contribution is -0.134. The Kier molecular flexibility index (Phi) is 14.9. The van der Waals surface area contributed by atoms with Crippen LogP contribution < -0.4 is 21.3 Å². The van der Waals surface area contributed by atoms with Crippen LogP contribution in [0.2, 0.25) is 0 Å². The molecule has 9 nitrogen and oxygen atoms in total. The van der Waals surface area contributed by atoms with Crippen molar-refractivity contribution in [3.63, 3.8) is 0 Å². The number of amides is 3. The predicted octanol–water partition coefficient (Wildman–Crippen LogP) is 4.49. The zero-order valence-electron chi connectivity index (χ0n) is 26.5. The van der Waals surface area contributed by atoms with Crippen LogP contribution >= 0.6 is 0 Å². The molecule has 0 heterocycles. The quantitative estimate of drug-likeness (QED) is 0.189. The summed E-state index contributed by atoms with van der Waals surface area (Å²) in [5, 5.41) is 11.5. The first-order chi connectivity index (χ1) is 20.4. The van der Waals surface area contributed by atoms with Crippen LogP contribution in [-0.4, -0.2) is 61.0 Å². The maximum atomic E-state index is 13.7. The number of alkyl carbamates (subject to hydrolysis) is 1. The van der Waals surface area contributed by atoms with E-state index in [0.29, 0.717) is 6.42 Å². The number of benzene rings is 2. The van der Waals surface area contributed by atoms with Crippen LogP contribution in [0.5, 0.6) is 0 Å². The van der Waals surface area contributed by atoms with Crippen molar-refractivity contribution in [2.75, 3.05) is 20.1 Å². The van der Waals surface area contributed by atoms with Gasteiger partial charge < -0.3 is 26.0 Å². The molecule has 0 aromatic heterocycles. The molecule has 2 aromatic rings. The van der Waals surface area contributed by atoms with E-state index >= 15 is 0 Å². The standard InChI is InChI=1S/C34H50N4O5/c1-33(2,3)43-32(42)37-29(23-26-17-11-9-12-18-26)30(40)38-34(4,24-27-19-13-10-14-20-27)31(41)36-25-28(39)21-15-7-6-8-16-22-35-5/h9-14,17-20,29,35H,6-8,15-16,21-25H2,1-5H3,(H,36,41)(H,37,42)(H,38,40)/t29-,34+/m0/s1. The van der Waals surface area contributed by atoms with Crippen LogP contribution in [0.15, 0.2) is 60.7 Å².